The van der Waals surface area contributed by atoms with E-state index in [0.29, 0.717) is 11.5 Å². The fourth-order valence-electron chi connectivity index (χ4n) is 3.34. The van der Waals surface area contributed by atoms with Gasteiger partial charge in [-0.15, -0.1) is 0 Å². The molecule has 0 aromatic carbocycles. The Morgan fingerprint density at radius 3 is 2.31 bits per heavy atom. The average Bonchev–Trinajstić information content (AvgIpc) is 3.07. The van der Waals surface area contributed by atoms with Crippen LogP contribution in [-0.2, 0) is 23.1 Å². The molecule has 0 aliphatic carbocycles. The largest absolute Gasteiger partial charge is 0.453 e. The second-order valence-corrected chi connectivity index (χ2v) is 7.84. The molecule has 0 radical (unpaired) electrons. The quantitative estimate of drug-likeness (QED) is 0.307. The molecule has 0 N–H and O–H groups in total. The zero-order valence-electron chi connectivity index (χ0n) is 18.3. The minimum absolute atomic E-state index is 0.122. The van der Waals surface area contributed by atoms with Crippen LogP contribution in [0.5, 0.6) is 0 Å². The Labute approximate surface area is 172 Å². The maximum Gasteiger partial charge on any atom is 0.349 e. The predicted octanol–water partition coefficient (Wildman–Crippen LogP) is 4.05. The number of hydrogen-bond acceptors (Lipinski definition) is 4. The molecule has 0 saturated heterocycles. The van der Waals surface area contributed by atoms with E-state index in [2.05, 4.69) is 18.4 Å². The Morgan fingerprint density at radius 1 is 1.14 bits per heavy atom. The zero-order valence-corrected chi connectivity index (χ0v) is 18.3. The van der Waals surface area contributed by atoms with Gasteiger partial charge in [-0.3, -0.25) is 4.79 Å². The molecule has 0 spiro atoms. The number of carbonyl (C=O) groups excluding carboxylic acids is 2. The molecule has 0 bridgehead atoms. The highest BCUT2D eigenvalue weighted by atomic mass is 16.5. The third-order valence-electron chi connectivity index (χ3n) is 5.21. The highest BCUT2D eigenvalue weighted by Gasteiger charge is 2.19. The molecule has 29 heavy (non-hydrogen) atoms. The molecule has 6 nitrogen and oxygen atoms in total. The number of nitriles is 1. The summed E-state index contributed by atoms with van der Waals surface area (Å²) in [7, 11) is 1.87. The van der Waals surface area contributed by atoms with E-state index in [1.165, 1.54) is 6.08 Å². The van der Waals surface area contributed by atoms with Crippen molar-refractivity contribution >= 4 is 17.8 Å². The van der Waals surface area contributed by atoms with E-state index in [1.807, 2.05) is 51.4 Å². The number of ether oxygens (including phenoxy) is 1. The van der Waals surface area contributed by atoms with Gasteiger partial charge in [0.15, 0.2) is 6.61 Å². The van der Waals surface area contributed by atoms with E-state index in [1.54, 1.807) is 6.07 Å². The number of esters is 1. The number of carbonyl (C=O) groups is 2. The molecule has 0 fully saturated rings. The average molecular weight is 396 g/mol. The van der Waals surface area contributed by atoms with E-state index in [9.17, 15) is 14.9 Å². The van der Waals surface area contributed by atoms with Crippen LogP contribution in [0.4, 0.5) is 0 Å². The van der Waals surface area contributed by atoms with Crippen molar-refractivity contribution in [3.8, 4) is 6.07 Å². The lowest BCUT2D eigenvalue weighted by Crippen LogP contribution is -2.15. The molecule has 2 rings (SSSR count). The fourth-order valence-corrected chi connectivity index (χ4v) is 3.34. The first-order valence-corrected chi connectivity index (χ1v) is 9.68. The van der Waals surface area contributed by atoms with Crippen molar-refractivity contribution in [3.63, 3.8) is 0 Å². The van der Waals surface area contributed by atoms with Gasteiger partial charge in [-0.1, -0.05) is 13.8 Å². The lowest BCUT2D eigenvalue weighted by Gasteiger charge is -2.12. The molecule has 0 saturated carbocycles. The summed E-state index contributed by atoms with van der Waals surface area (Å²) >= 11 is 0. The first-order chi connectivity index (χ1) is 13.6. The number of Topliss-reactive ketones (excluding diaryl/α,β-unsaturated/α-hetero) is 1. The van der Waals surface area contributed by atoms with Gasteiger partial charge in [0.05, 0.1) is 0 Å². The minimum atomic E-state index is -0.792. The van der Waals surface area contributed by atoms with Gasteiger partial charge in [0.1, 0.15) is 11.6 Å². The van der Waals surface area contributed by atoms with Crippen LogP contribution in [0.3, 0.4) is 0 Å². The second kappa shape index (κ2) is 8.95. The van der Waals surface area contributed by atoms with E-state index in [0.717, 1.165) is 34.9 Å². The summed E-state index contributed by atoms with van der Waals surface area (Å²) in [6.07, 6.45) is 1.53. The maximum atomic E-state index is 12.4. The van der Waals surface area contributed by atoms with Crippen molar-refractivity contribution in [1.82, 2.24) is 9.13 Å². The normalized spacial score (nSPS) is 11.6. The number of aryl methyl sites for hydroxylation is 2. The topological polar surface area (TPSA) is 77.0 Å². The van der Waals surface area contributed by atoms with Crippen LogP contribution < -0.4 is 0 Å². The van der Waals surface area contributed by atoms with Gasteiger partial charge in [0.2, 0.25) is 5.78 Å². The van der Waals surface area contributed by atoms with Crippen molar-refractivity contribution in [2.45, 2.75) is 48.1 Å². The fraction of sp³-hybridized carbons (Fsp3) is 0.435. The molecule has 2 aromatic heterocycles. The molecule has 2 heterocycles. The minimum Gasteiger partial charge on any atom is -0.453 e. The van der Waals surface area contributed by atoms with Crippen molar-refractivity contribution < 1.29 is 14.3 Å². The van der Waals surface area contributed by atoms with Crippen LogP contribution >= 0.6 is 0 Å². The Morgan fingerprint density at radius 2 is 1.79 bits per heavy atom. The van der Waals surface area contributed by atoms with Crippen LogP contribution in [0, 0.1) is 44.9 Å². The monoisotopic (exact) mass is 395 g/mol. The first-order valence-electron chi connectivity index (χ1n) is 9.68. The van der Waals surface area contributed by atoms with Crippen molar-refractivity contribution in [2.24, 2.45) is 13.0 Å². The number of nitrogens with zero attached hydrogens (tertiary/aromatic N) is 3. The Kier molecular flexibility index (Phi) is 6.86. The summed E-state index contributed by atoms with van der Waals surface area (Å²) in [5.41, 5.74) is 5.03. The van der Waals surface area contributed by atoms with Crippen molar-refractivity contribution in [1.29, 1.82) is 5.26 Å². The number of hydrogen-bond donors (Lipinski definition) is 0. The summed E-state index contributed by atoms with van der Waals surface area (Å²) in [6.45, 7) is 12.5. The summed E-state index contributed by atoms with van der Waals surface area (Å²) in [6, 6.07) is 5.62. The highest BCUT2D eigenvalue weighted by molar-refractivity contribution is 6.02. The standard InChI is InChI=1S/C23H29N3O3/c1-14(2)12-26-16(4)8-19(17(26)5)10-20(11-24)23(28)29-13-22(27)21-9-15(3)25(7)18(21)6/h8-10,14H,12-13H2,1-7H3/b20-10+. The van der Waals surface area contributed by atoms with Gasteiger partial charge in [-0.25, -0.2) is 4.79 Å². The van der Waals surface area contributed by atoms with E-state index in [-0.39, 0.29) is 11.4 Å². The predicted molar refractivity (Wildman–Crippen MR) is 113 cm³/mol. The van der Waals surface area contributed by atoms with Gasteiger partial charge in [-0.05, 0) is 57.4 Å². The Balaban J connectivity index is 2.16. The van der Waals surface area contributed by atoms with Gasteiger partial charge in [-0.2, -0.15) is 5.26 Å². The summed E-state index contributed by atoms with van der Waals surface area (Å²) in [5.74, 6) is -0.597. The summed E-state index contributed by atoms with van der Waals surface area (Å²) < 4.78 is 9.21. The number of rotatable bonds is 7. The molecule has 0 atom stereocenters. The van der Waals surface area contributed by atoms with Crippen LogP contribution in [-0.4, -0.2) is 27.5 Å². The maximum absolute atomic E-state index is 12.4. The third kappa shape index (κ3) is 4.86. The molecule has 0 unspecified atom stereocenters. The number of ketones is 1. The molecular formula is C23H29N3O3. The Hall–Kier alpha value is -3.07. The lowest BCUT2D eigenvalue weighted by molar-refractivity contribution is -0.137. The lowest BCUT2D eigenvalue weighted by atomic mass is 10.1. The zero-order chi connectivity index (χ0) is 21.9. The first kappa shape index (κ1) is 22.2. The van der Waals surface area contributed by atoms with E-state index >= 15 is 0 Å². The van der Waals surface area contributed by atoms with Gasteiger partial charge >= 0.3 is 5.97 Å². The molecular weight excluding hydrogens is 366 g/mol. The third-order valence-corrected chi connectivity index (χ3v) is 5.21. The smallest absolute Gasteiger partial charge is 0.349 e. The second-order valence-electron chi connectivity index (χ2n) is 7.84. The van der Waals surface area contributed by atoms with E-state index < -0.39 is 12.6 Å². The molecule has 6 heteroatoms. The van der Waals surface area contributed by atoms with Gasteiger partial charge < -0.3 is 13.9 Å². The number of aromatic nitrogens is 2. The summed E-state index contributed by atoms with van der Waals surface area (Å²) in [5, 5.41) is 9.42. The van der Waals surface area contributed by atoms with Crippen molar-refractivity contribution in [3.05, 3.63) is 51.6 Å². The van der Waals surface area contributed by atoms with Crippen LogP contribution in [0.2, 0.25) is 0 Å². The van der Waals surface area contributed by atoms with Crippen LogP contribution in [0.15, 0.2) is 17.7 Å². The molecule has 2 aromatic rings. The molecule has 0 aliphatic rings. The highest BCUT2D eigenvalue weighted by Crippen LogP contribution is 2.20. The van der Waals surface area contributed by atoms with Crippen molar-refractivity contribution in [2.75, 3.05) is 6.61 Å². The Bertz CT molecular complexity index is 1010. The van der Waals surface area contributed by atoms with Crippen LogP contribution in [0.25, 0.3) is 6.08 Å². The molecule has 154 valence electrons. The molecule has 0 aliphatic heterocycles. The summed E-state index contributed by atoms with van der Waals surface area (Å²) in [4.78, 5) is 24.8. The molecule has 0 amide bonds. The van der Waals surface area contributed by atoms with E-state index in [4.69, 9.17) is 4.74 Å². The van der Waals surface area contributed by atoms with Gasteiger partial charge in [0, 0.05) is 41.9 Å². The van der Waals surface area contributed by atoms with Gasteiger partial charge in [0.25, 0.3) is 0 Å². The SMILES string of the molecule is Cc1cc(C(=O)COC(=O)/C(C#N)=C/c2cc(C)n(CC(C)C)c2C)c(C)n1C. The van der Waals surface area contributed by atoms with Crippen LogP contribution in [0.1, 0.15) is 52.5 Å².